The largest absolute Gasteiger partial charge is 0.494 e. The first-order chi connectivity index (χ1) is 16.4. The number of carbonyl (C=O) groups excluding carboxylic acids is 2. The molecule has 0 saturated carbocycles. The molecule has 0 aromatic heterocycles. The molecule has 2 amide bonds. The van der Waals surface area contributed by atoms with E-state index in [0.717, 1.165) is 17.0 Å². The molecule has 9 heteroatoms. The van der Waals surface area contributed by atoms with Crippen molar-refractivity contribution in [2.75, 3.05) is 37.7 Å². The number of ether oxygens (including phenoxy) is 1. The van der Waals surface area contributed by atoms with Crippen LogP contribution in [0.3, 0.4) is 0 Å². The van der Waals surface area contributed by atoms with Gasteiger partial charge in [-0.3, -0.25) is 14.8 Å². The van der Waals surface area contributed by atoms with Crippen LogP contribution in [0.1, 0.15) is 25.3 Å². The number of benzene rings is 2. The molecule has 1 fully saturated rings. The quantitative estimate of drug-likeness (QED) is 0.350. The Kier molecular flexibility index (Phi) is 9.56. The molecule has 3 rings (SSSR count). The fourth-order valence-electron chi connectivity index (χ4n) is 4.18. The molecule has 184 valence electrons. The van der Waals surface area contributed by atoms with Crippen molar-refractivity contribution in [1.82, 2.24) is 10.4 Å². The van der Waals surface area contributed by atoms with E-state index in [9.17, 15) is 14.7 Å². The Morgan fingerprint density at radius 1 is 1.06 bits per heavy atom. The lowest BCUT2D eigenvalue weighted by Gasteiger charge is -2.38. The number of amides is 2. The minimum atomic E-state index is -1.62. The summed E-state index contributed by atoms with van der Waals surface area (Å²) < 4.78 is 5.45. The lowest BCUT2D eigenvalue weighted by molar-refractivity contribution is -0.150. The number of nitrogens with one attached hydrogen (secondary N) is 1. The molecule has 0 spiro atoms. The van der Waals surface area contributed by atoms with Gasteiger partial charge in [0, 0.05) is 36.9 Å². The summed E-state index contributed by atoms with van der Waals surface area (Å²) in [5.74, 6) is -1.39. The number of aryl methyl sites for hydroxylation is 1. The summed E-state index contributed by atoms with van der Waals surface area (Å²) in [5.41, 5.74) is 3.58. The number of aliphatic hydroxyl groups excluding tert-OH is 1. The molecule has 3 N–H and O–H groups in total. The van der Waals surface area contributed by atoms with E-state index in [1.54, 1.807) is 4.90 Å². The van der Waals surface area contributed by atoms with E-state index in [2.05, 4.69) is 4.90 Å². The number of halogens is 1. The minimum Gasteiger partial charge on any atom is -0.494 e. The molecule has 0 aliphatic carbocycles. The summed E-state index contributed by atoms with van der Waals surface area (Å²) >= 11 is 5.97. The third-order valence-electron chi connectivity index (χ3n) is 6.08. The average Bonchev–Trinajstić information content (AvgIpc) is 2.87. The van der Waals surface area contributed by atoms with E-state index in [1.807, 2.05) is 55.5 Å². The van der Waals surface area contributed by atoms with Gasteiger partial charge in [-0.1, -0.05) is 23.7 Å². The number of nitrogens with zero attached hydrogens (tertiary/aromatic N) is 2. The van der Waals surface area contributed by atoms with Gasteiger partial charge in [0.25, 0.3) is 5.91 Å². The number of rotatable bonds is 10. The number of aliphatic hydroxyl groups is 1. The molecular weight excluding hydrogens is 458 g/mol. The third-order valence-corrected chi connectivity index (χ3v) is 6.33. The van der Waals surface area contributed by atoms with Crippen LogP contribution in [0.25, 0.3) is 0 Å². The molecular formula is C25H32ClN3O5. The maximum atomic E-state index is 13.3. The van der Waals surface area contributed by atoms with Crippen LogP contribution in [0.4, 0.5) is 5.69 Å². The molecule has 2 aromatic rings. The zero-order valence-electron chi connectivity index (χ0n) is 19.3. The SMILES string of the molecule is CCOc1ccc(CCC[C@@H](C(=O)N2CCN(c3ccc(Cl)cc3)CC2)[C@H](O)C(=O)NO)cc1. The third kappa shape index (κ3) is 6.85. The van der Waals surface area contributed by atoms with Gasteiger partial charge in [0.15, 0.2) is 0 Å². The highest BCUT2D eigenvalue weighted by Crippen LogP contribution is 2.23. The van der Waals surface area contributed by atoms with E-state index in [0.29, 0.717) is 57.1 Å². The summed E-state index contributed by atoms with van der Waals surface area (Å²) in [7, 11) is 0. The highest BCUT2D eigenvalue weighted by Gasteiger charge is 2.35. The van der Waals surface area contributed by atoms with Crippen molar-refractivity contribution >= 4 is 29.1 Å². The van der Waals surface area contributed by atoms with Crippen LogP contribution in [-0.4, -0.2) is 65.9 Å². The Morgan fingerprint density at radius 2 is 1.71 bits per heavy atom. The zero-order valence-corrected chi connectivity index (χ0v) is 20.1. The van der Waals surface area contributed by atoms with Gasteiger partial charge >= 0.3 is 0 Å². The van der Waals surface area contributed by atoms with Crippen molar-refractivity contribution < 1.29 is 24.6 Å². The molecule has 0 unspecified atom stereocenters. The molecule has 1 heterocycles. The maximum Gasteiger partial charge on any atom is 0.272 e. The number of hydrogen-bond acceptors (Lipinski definition) is 6. The highest BCUT2D eigenvalue weighted by atomic mass is 35.5. The summed E-state index contributed by atoms with van der Waals surface area (Å²) in [6.45, 7) is 4.75. The van der Waals surface area contributed by atoms with Crippen LogP contribution in [0.5, 0.6) is 5.75 Å². The van der Waals surface area contributed by atoms with Gasteiger partial charge < -0.3 is 19.6 Å². The van der Waals surface area contributed by atoms with E-state index in [4.69, 9.17) is 21.5 Å². The van der Waals surface area contributed by atoms with Crippen molar-refractivity contribution in [3.05, 3.63) is 59.1 Å². The molecule has 2 atom stereocenters. The number of hydrogen-bond donors (Lipinski definition) is 3. The predicted molar refractivity (Wildman–Crippen MR) is 130 cm³/mol. The monoisotopic (exact) mass is 489 g/mol. The van der Waals surface area contributed by atoms with E-state index in [-0.39, 0.29) is 5.91 Å². The number of hydroxylamine groups is 1. The van der Waals surface area contributed by atoms with Crippen LogP contribution in [-0.2, 0) is 16.0 Å². The summed E-state index contributed by atoms with van der Waals surface area (Å²) in [6.07, 6.45) is -0.0103. The van der Waals surface area contributed by atoms with Gasteiger partial charge in [0.1, 0.15) is 11.9 Å². The Bertz CT molecular complexity index is 931. The molecule has 2 aromatic carbocycles. The van der Waals surface area contributed by atoms with Gasteiger partial charge in [-0.2, -0.15) is 0 Å². The van der Waals surface area contributed by atoms with Crippen LogP contribution in [0.15, 0.2) is 48.5 Å². The van der Waals surface area contributed by atoms with Crippen LogP contribution in [0.2, 0.25) is 5.02 Å². The highest BCUT2D eigenvalue weighted by molar-refractivity contribution is 6.30. The van der Waals surface area contributed by atoms with E-state index >= 15 is 0 Å². The second-order valence-corrected chi connectivity index (χ2v) is 8.72. The van der Waals surface area contributed by atoms with Gasteiger partial charge in [0.2, 0.25) is 5.91 Å². The standard InChI is InChI=1S/C25H32ClN3O5/c1-2-34-21-12-6-18(7-13-21)4-3-5-22(23(30)24(31)27-33)25(32)29-16-14-28(15-17-29)20-10-8-19(26)9-11-20/h6-13,22-23,30,33H,2-5,14-17H2,1H3,(H,27,31)/t22-,23+/m1/s1. The van der Waals surface area contributed by atoms with Crippen molar-refractivity contribution in [2.24, 2.45) is 5.92 Å². The maximum absolute atomic E-state index is 13.3. The van der Waals surface area contributed by atoms with Crippen LogP contribution >= 0.6 is 11.6 Å². The molecule has 8 nitrogen and oxygen atoms in total. The number of carbonyl (C=O) groups is 2. The van der Waals surface area contributed by atoms with Crippen molar-refractivity contribution in [3.63, 3.8) is 0 Å². The topological polar surface area (TPSA) is 102 Å². The van der Waals surface area contributed by atoms with E-state index in [1.165, 1.54) is 5.48 Å². The van der Waals surface area contributed by atoms with Gasteiger partial charge in [0.05, 0.1) is 12.5 Å². The Hall–Kier alpha value is -2.81. The predicted octanol–water partition coefficient (Wildman–Crippen LogP) is 2.89. The minimum absolute atomic E-state index is 0.279. The number of piperazine rings is 1. The second kappa shape index (κ2) is 12.6. The van der Waals surface area contributed by atoms with Crippen LogP contribution in [0, 0.1) is 5.92 Å². The second-order valence-electron chi connectivity index (χ2n) is 8.29. The van der Waals surface area contributed by atoms with Crippen molar-refractivity contribution in [2.45, 2.75) is 32.3 Å². The first-order valence-electron chi connectivity index (χ1n) is 11.6. The smallest absolute Gasteiger partial charge is 0.272 e. The fraction of sp³-hybridized carbons (Fsp3) is 0.440. The zero-order chi connectivity index (χ0) is 24.5. The van der Waals surface area contributed by atoms with Crippen LogP contribution < -0.4 is 15.1 Å². The molecule has 34 heavy (non-hydrogen) atoms. The normalized spacial score (nSPS) is 15.5. The Balaban J connectivity index is 1.59. The Morgan fingerprint density at radius 3 is 2.29 bits per heavy atom. The first-order valence-corrected chi connectivity index (χ1v) is 11.9. The fourth-order valence-corrected chi connectivity index (χ4v) is 4.31. The average molecular weight is 490 g/mol. The molecule has 0 bridgehead atoms. The van der Waals surface area contributed by atoms with Gasteiger partial charge in [-0.15, -0.1) is 0 Å². The lowest BCUT2D eigenvalue weighted by Crippen LogP contribution is -2.53. The molecule has 1 aliphatic rings. The number of anilines is 1. The summed E-state index contributed by atoms with van der Waals surface area (Å²) in [6, 6.07) is 15.3. The van der Waals surface area contributed by atoms with Gasteiger partial charge in [-0.05, 0) is 68.1 Å². The van der Waals surface area contributed by atoms with E-state index < -0.39 is 17.9 Å². The van der Waals surface area contributed by atoms with Crippen molar-refractivity contribution in [3.8, 4) is 5.75 Å². The Labute approximate surface area is 205 Å². The first kappa shape index (κ1) is 25.8. The lowest BCUT2D eigenvalue weighted by atomic mass is 9.92. The molecule has 1 saturated heterocycles. The molecule has 1 aliphatic heterocycles. The van der Waals surface area contributed by atoms with Gasteiger partial charge in [-0.25, -0.2) is 5.48 Å². The summed E-state index contributed by atoms with van der Waals surface area (Å²) in [4.78, 5) is 29.0. The summed E-state index contributed by atoms with van der Waals surface area (Å²) in [5, 5.41) is 20.1. The molecule has 0 radical (unpaired) electrons. The van der Waals surface area contributed by atoms with Crippen molar-refractivity contribution in [1.29, 1.82) is 0 Å².